The van der Waals surface area contributed by atoms with Gasteiger partial charge in [0.05, 0.1) is 6.85 Å². The number of fused-ring (bicyclic) bond motifs is 4. The van der Waals surface area contributed by atoms with E-state index in [1.807, 2.05) is 109 Å². The summed E-state index contributed by atoms with van der Waals surface area (Å²) in [5.41, 5.74) is 6.49. The smallest absolute Gasteiger partial charge is 0.164 e. The lowest BCUT2D eigenvalue weighted by molar-refractivity contribution is 0.669. The van der Waals surface area contributed by atoms with Crippen LogP contribution in [0.5, 0.6) is 0 Å². The number of benzene rings is 7. The van der Waals surface area contributed by atoms with E-state index in [2.05, 4.69) is 24.3 Å². The minimum Gasteiger partial charge on any atom is -0.456 e. The monoisotopic (exact) mass is 606 g/mol. The largest absolute Gasteiger partial charge is 0.456 e. The molecule has 0 spiro atoms. The zero-order chi connectivity index (χ0) is 35.5. The number of aromatic nitrogens is 3. The van der Waals surface area contributed by atoms with E-state index in [1.165, 1.54) is 0 Å². The van der Waals surface area contributed by atoms with Gasteiger partial charge in [0.25, 0.3) is 0 Å². The fourth-order valence-corrected chi connectivity index (χ4v) is 6.06. The Kier molecular flexibility index (Phi) is 5.28. The van der Waals surface area contributed by atoms with Gasteiger partial charge in [-0.2, -0.15) is 0 Å². The first-order chi connectivity index (χ1) is 25.3. The van der Waals surface area contributed by atoms with Crippen LogP contribution >= 0.6 is 0 Å². The molecule has 0 radical (unpaired) electrons. The predicted molar refractivity (Wildman–Crippen MR) is 192 cm³/mol. The van der Waals surface area contributed by atoms with Gasteiger partial charge in [0, 0.05) is 27.5 Å². The van der Waals surface area contributed by atoms with Crippen molar-refractivity contribution in [3.05, 3.63) is 164 Å². The van der Waals surface area contributed by atoms with Crippen molar-refractivity contribution in [2.45, 2.75) is 0 Å². The zero-order valence-corrected chi connectivity index (χ0v) is 25.0. The molecule has 2 heterocycles. The van der Waals surface area contributed by atoms with Gasteiger partial charge in [-0.25, -0.2) is 15.0 Å². The molecule has 0 bridgehead atoms. The van der Waals surface area contributed by atoms with Crippen molar-refractivity contribution >= 4 is 32.7 Å². The quantitative estimate of drug-likeness (QED) is 0.196. The highest BCUT2D eigenvalue weighted by molar-refractivity contribution is 6.10. The lowest BCUT2D eigenvalue weighted by atomic mass is 9.96. The number of hydrogen-bond donors (Lipinski definition) is 0. The Hall–Kier alpha value is -6.39. The lowest BCUT2D eigenvalue weighted by Gasteiger charge is -2.12. The summed E-state index contributed by atoms with van der Waals surface area (Å²) in [5, 5.41) is 4.11. The van der Waals surface area contributed by atoms with Crippen LogP contribution in [0.15, 0.2) is 168 Å². The molecule has 2 aromatic heterocycles. The summed E-state index contributed by atoms with van der Waals surface area (Å²) in [7, 11) is 0. The minimum absolute atomic E-state index is 0.0284. The molecule has 9 aromatic rings. The fraction of sp³-hybridized carbons (Fsp3) is 0. The standard InChI is InChI=1S/C43H27N3O/c1-4-12-28(13-5-1)34-22-35(29-14-6-2-7-15-29)24-36(23-34)43-45-41(30-16-8-3-9-17-30)44-42(46-43)33-20-21-37-38-25-31-18-10-11-19-32(31)26-40(38)47-39(37)27-33/h1-27H/i3D,8D,9D,16D,17D. The normalized spacial score (nSPS) is 12.9. The van der Waals surface area contributed by atoms with Crippen molar-refractivity contribution in [3.8, 4) is 56.4 Å². The van der Waals surface area contributed by atoms with Crippen molar-refractivity contribution in [1.82, 2.24) is 15.0 Å². The van der Waals surface area contributed by atoms with Gasteiger partial charge in [-0.3, -0.25) is 0 Å². The van der Waals surface area contributed by atoms with Crippen LogP contribution in [0.25, 0.3) is 89.1 Å². The van der Waals surface area contributed by atoms with Crippen molar-refractivity contribution in [2.75, 3.05) is 0 Å². The van der Waals surface area contributed by atoms with Crippen LogP contribution in [0.2, 0.25) is 0 Å². The maximum absolute atomic E-state index is 8.76. The molecule has 0 unspecified atom stereocenters. The second kappa shape index (κ2) is 11.2. The van der Waals surface area contributed by atoms with Crippen LogP contribution in [-0.2, 0) is 0 Å². The molecule has 7 aromatic carbocycles. The summed E-state index contributed by atoms with van der Waals surface area (Å²) < 4.78 is 48.8. The third-order valence-electron chi connectivity index (χ3n) is 8.36. The Morgan fingerprint density at radius 3 is 1.57 bits per heavy atom. The topological polar surface area (TPSA) is 51.8 Å². The van der Waals surface area contributed by atoms with E-state index in [-0.39, 0.29) is 23.0 Å². The van der Waals surface area contributed by atoms with Gasteiger partial charge < -0.3 is 4.42 Å². The summed E-state index contributed by atoms with van der Waals surface area (Å²) in [6.07, 6.45) is 0. The molecule has 220 valence electrons. The number of nitrogens with zero attached hydrogens (tertiary/aromatic N) is 3. The molecule has 0 saturated carbocycles. The second-order valence-electron chi connectivity index (χ2n) is 11.3. The van der Waals surface area contributed by atoms with Crippen LogP contribution in [-0.4, -0.2) is 15.0 Å². The van der Waals surface area contributed by atoms with E-state index >= 15 is 0 Å². The molecule has 0 atom stereocenters. The van der Waals surface area contributed by atoms with Crippen LogP contribution < -0.4 is 0 Å². The number of rotatable bonds is 5. The molecule has 0 aliphatic carbocycles. The third kappa shape index (κ3) is 5.02. The van der Waals surface area contributed by atoms with Crippen LogP contribution in [0.3, 0.4) is 0 Å². The molecular formula is C43H27N3O. The first-order valence-electron chi connectivity index (χ1n) is 17.8. The maximum atomic E-state index is 8.76. The van der Waals surface area contributed by atoms with Crippen LogP contribution in [0.4, 0.5) is 0 Å². The van der Waals surface area contributed by atoms with Gasteiger partial charge in [-0.15, -0.1) is 0 Å². The molecule has 0 saturated heterocycles. The van der Waals surface area contributed by atoms with Crippen molar-refractivity contribution in [1.29, 1.82) is 0 Å². The first-order valence-corrected chi connectivity index (χ1v) is 15.3. The third-order valence-corrected chi connectivity index (χ3v) is 8.36. The Balaban J connectivity index is 1.29. The summed E-state index contributed by atoms with van der Waals surface area (Å²) in [6, 6.07) is 42.0. The van der Waals surface area contributed by atoms with Crippen LogP contribution in [0, 0.1) is 0 Å². The molecule has 0 N–H and O–H groups in total. The van der Waals surface area contributed by atoms with E-state index in [9.17, 15) is 0 Å². The SMILES string of the molecule is [2H]c1c([2H])c([2H])c(-c2nc(-c3cc(-c4ccccc4)cc(-c4ccccc4)c3)nc(-c3ccc4c(c3)oc3cc5ccccc5cc34)n2)c([2H])c1[2H]. The van der Waals surface area contributed by atoms with E-state index in [0.717, 1.165) is 49.4 Å². The highest BCUT2D eigenvalue weighted by atomic mass is 16.3. The first kappa shape index (κ1) is 22.2. The van der Waals surface area contributed by atoms with Gasteiger partial charge in [0.15, 0.2) is 17.5 Å². The molecule has 0 fully saturated rings. The van der Waals surface area contributed by atoms with Gasteiger partial charge in [-0.1, -0.05) is 121 Å². The summed E-state index contributed by atoms with van der Waals surface area (Å²) in [5.74, 6) is 0.530. The maximum Gasteiger partial charge on any atom is 0.164 e. The van der Waals surface area contributed by atoms with Crippen molar-refractivity contribution < 1.29 is 11.3 Å². The molecular weight excluding hydrogens is 574 g/mol. The minimum atomic E-state index is -0.487. The zero-order valence-electron chi connectivity index (χ0n) is 30.0. The average Bonchev–Trinajstić information content (AvgIpc) is 3.55. The Morgan fingerprint density at radius 2 is 0.915 bits per heavy atom. The summed E-state index contributed by atoms with van der Waals surface area (Å²) in [4.78, 5) is 14.6. The average molecular weight is 607 g/mol. The fourth-order valence-electron chi connectivity index (χ4n) is 6.06. The highest BCUT2D eigenvalue weighted by Crippen LogP contribution is 2.36. The Morgan fingerprint density at radius 1 is 0.383 bits per heavy atom. The molecule has 4 heteroatoms. The van der Waals surface area contributed by atoms with Crippen molar-refractivity contribution in [3.63, 3.8) is 0 Å². The number of furan rings is 1. The van der Waals surface area contributed by atoms with E-state index in [0.29, 0.717) is 16.7 Å². The molecule has 0 aliphatic heterocycles. The highest BCUT2D eigenvalue weighted by Gasteiger charge is 2.16. The van der Waals surface area contributed by atoms with Gasteiger partial charge in [0.1, 0.15) is 11.2 Å². The molecule has 0 aliphatic rings. The summed E-state index contributed by atoms with van der Waals surface area (Å²) >= 11 is 0. The Labute approximate surface area is 278 Å². The van der Waals surface area contributed by atoms with Crippen molar-refractivity contribution in [2.24, 2.45) is 0 Å². The van der Waals surface area contributed by atoms with Gasteiger partial charge >= 0.3 is 0 Å². The predicted octanol–water partition coefficient (Wildman–Crippen LogP) is 11.3. The molecule has 9 rings (SSSR count). The summed E-state index contributed by atoms with van der Waals surface area (Å²) in [6.45, 7) is 0. The number of hydrogen-bond acceptors (Lipinski definition) is 4. The molecule has 4 nitrogen and oxygen atoms in total. The molecule has 47 heavy (non-hydrogen) atoms. The van der Waals surface area contributed by atoms with Gasteiger partial charge in [-0.05, 0) is 75.5 Å². The van der Waals surface area contributed by atoms with E-state index < -0.39 is 30.2 Å². The van der Waals surface area contributed by atoms with E-state index in [1.54, 1.807) is 0 Å². The lowest BCUT2D eigenvalue weighted by Crippen LogP contribution is -2.00. The van der Waals surface area contributed by atoms with Crippen LogP contribution in [0.1, 0.15) is 6.85 Å². The van der Waals surface area contributed by atoms with Gasteiger partial charge in [0.2, 0.25) is 0 Å². The second-order valence-corrected chi connectivity index (χ2v) is 11.3. The molecule has 0 amide bonds. The Bertz CT molecular complexity index is 2770. The van der Waals surface area contributed by atoms with E-state index in [4.69, 9.17) is 26.2 Å².